The van der Waals surface area contributed by atoms with Gasteiger partial charge in [0.25, 0.3) is 0 Å². The Hall–Kier alpha value is -3.53. The highest BCUT2D eigenvalue weighted by molar-refractivity contribution is 5.90. The van der Waals surface area contributed by atoms with Crippen LogP contribution in [0.4, 0.5) is 0 Å². The van der Waals surface area contributed by atoms with Gasteiger partial charge in [-0.2, -0.15) is 4.68 Å². The van der Waals surface area contributed by atoms with Crippen LogP contribution in [0.5, 0.6) is 0 Å². The molecule has 4 nitrogen and oxygen atoms in total. The first-order valence-electron chi connectivity index (χ1n) is 8.90. The monoisotopic (exact) mass is 352 g/mol. The van der Waals surface area contributed by atoms with Crippen molar-refractivity contribution in [2.75, 3.05) is 0 Å². The van der Waals surface area contributed by atoms with Gasteiger partial charge in [0, 0.05) is 0 Å². The summed E-state index contributed by atoms with van der Waals surface area (Å²) in [6.45, 7) is 4.16. The normalized spacial score (nSPS) is 10.6. The predicted molar refractivity (Wildman–Crippen MR) is 108 cm³/mol. The fourth-order valence-electron chi connectivity index (χ4n) is 3.24. The summed E-state index contributed by atoms with van der Waals surface area (Å²) in [6, 6.07) is 26.9. The minimum Gasteiger partial charge on any atom is -0.193 e. The zero-order chi connectivity index (χ0) is 18.6. The van der Waals surface area contributed by atoms with Crippen molar-refractivity contribution in [2.45, 2.75) is 13.8 Å². The Morgan fingerprint density at radius 2 is 1.33 bits per heavy atom. The molecule has 0 N–H and O–H groups in total. The Kier molecular flexibility index (Phi) is 4.62. The Bertz CT molecular complexity index is 1020. The third kappa shape index (κ3) is 3.70. The molecule has 0 saturated heterocycles. The molecule has 0 aliphatic carbocycles. The minimum absolute atomic E-state index is 0.697. The van der Waals surface area contributed by atoms with Crippen molar-refractivity contribution in [2.24, 2.45) is 0 Å². The van der Waals surface area contributed by atoms with Crippen LogP contribution in [0.3, 0.4) is 0 Å². The molecule has 4 heteroatoms. The van der Waals surface area contributed by atoms with Gasteiger partial charge < -0.3 is 0 Å². The molecule has 27 heavy (non-hydrogen) atoms. The molecule has 0 amide bonds. The van der Waals surface area contributed by atoms with Crippen LogP contribution in [0.2, 0.25) is 0 Å². The fraction of sp³-hybridized carbons (Fsp3) is 0.0870. The lowest BCUT2D eigenvalue weighted by atomic mass is 9.97. The van der Waals surface area contributed by atoms with Crippen LogP contribution in [0.15, 0.2) is 78.9 Å². The number of aromatic nitrogens is 4. The van der Waals surface area contributed by atoms with Gasteiger partial charge >= 0.3 is 0 Å². The first-order valence-corrected chi connectivity index (χ1v) is 8.90. The van der Waals surface area contributed by atoms with E-state index >= 15 is 0 Å². The van der Waals surface area contributed by atoms with Crippen LogP contribution in [-0.2, 0) is 0 Å². The molecule has 1 aromatic heterocycles. The van der Waals surface area contributed by atoms with Crippen LogP contribution >= 0.6 is 0 Å². The molecular weight excluding hydrogens is 332 g/mol. The van der Waals surface area contributed by atoms with E-state index in [0.29, 0.717) is 5.82 Å². The van der Waals surface area contributed by atoms with E-state index in [2.05, 4.69) is 71.8 Å². The Morgan fingerprint density at radius 1 is 0.778 bits per heavy atom. The van der Waals surface area contributed by atoms with Crippen molar-refractivity contribution < 1.29 is 0 Å². The van der Waals surface area contributed by atoms with Gasteiger partial charge in [0.1, 0.15) is 0 Å². The molecule has 0 aliphatic heterocycles. The lowest BCUT2D eigenvalue weighted by molar-refractivity contribution is 0.785. The van der Waals surface area contributed by atoms with Crippen molar-refractivity contribution in [3.8, 4) is 5.69 Å². The minimum atomic E-state index is 0.697. The van der Waals surface area contributed by atoms with E-state index in [4.69, 9.17) is 0 Å². The second-order valence-electron chi connectivity index (χ2n) is 6.58. The highest BCUT2D eigenvalue weighted by atomic mass is 15.5. The maximum atomic E-state index is 4.27. The molecular formula is C23H20N4. The van der Waals surface area contributed by atoms with Crippen molar-refractivity contribution in [1.29, 1.82) is 0 Å². The molecule has 132 valence electrons. The summed E-state index contributed by atoms with van der Waals surface area (Å²) in [7, 11) is 0. The predicted octanol–water partition coefficient (Wildman–Crippen LogP) is 4.87. The van der Waals surface area contributed by atoms with E-state index in [1.54, 1.807) is 4.68 Å². The molecule has 4 rings (SSSR count). The van der Waals surface area contributed by atoms with Crippen molar-refractivity contribution in [1.82, 2.24) is 20.2 Å². The van der Waals surface area contributed by atoms with Crippen LogP contribution in [0, 0.1) is 13.8 Å². The quantitative estimate of drug-likeness (QED) is 0.526. The molecule has 0 spiro atoms. The first kappa shape index (κ1) is 16.9. The van der Waals surface area contributed by atoms with Gasteiger partial charge in [0.05, 0.1) is 5.69 Å². The topological polar surface area (TPSA) is 43.6 Å². The molecule has 0 saturated carbocycles. The van der Waals surface area contributed by atoms with E-state index in [9.17, 15) is 0 Å². The zero-order valence-corrected chi connectivity index (χ0v) is 15.4. The van der Waals surface area contributed by atoms with Gasteiger partial charge in [0.2, 0.25) is 0 Å². The summed E-state index contributed by atoms with van der Waals surface area (Å²) < 4.78 is 1.78. The number of hydrogen-bond donors (Lipinski definition) is 0. The molecule has 0 atom stereocenters. The molecule has 0 radical (unpaired) electrons. The van der Waals surface area contributed by atoms with Crippen molar-refractivity contribution in [3.05, 3.63) is 107 Å². The molecule has 0 unspecified atom stereocenters. The lowest BCUT2D eigenvalue weighted by Crippen LogP contribution is -2.01. The number of rotatable bonds is 4. The van der Waals surface area contributed by atoms with E-state index in [1.165, 1.54) is 11.1 Å². The Balaban J connectivity index is 1.87. The summed E-state index contributed by atoms with van der Waals surface area (Å²) in [6.07, 6.45) is 2.04. The second kappa shape index (κ2) is 7.38. The first-order chi connectivity index (χ1) is 13.2. The third-order valence-corrected chi connectivity index (χ3v) is 4.39. The summed E-state index contributed by atoms with van der Waals surface area (Å²) in [4.78, 5) is 0. The second-order valence-corrected chi connectivity index (χ2v) is 6.58. The van der Waals surface area contributed by atoms with Gasteiger partial charge in [0.15, 0.2) is 5.82 Å². The summed E-state index contributed by atoms with van der Waals surface area (Å²) >= 11 is 0. The number of nitrogens with zero attached hydrogens (tertiary/aromatic N) is 4. The smallest absolute Gasteiger partial charge is 0.180 e. The average Bonchev–Trinajstić information content (AvgIpc) is 3.15. The van der Waals surface area contributed by atoms with Gasteiger partial charge in [-0.3, -0.25) is 0 Å². The maximum absolute atomic E-state index is 4.27. The molecule has 0 fully saturated rings. The lowest BCUT2D eigenvalue weighted by Gasteiger charge is -2.09. The van der Waals surface area contributed by atoms with Gasteiger partial charge in [-0.05, 0) is 70.3 Å². The van der Waals surface area contributed by atoms with Crippen LogP contribution in [-0.4, -0.2) is 20.2 Å². The Labute approximate surface area is 158 Å². The summed E-state index contributed by atoms with van der Waals surface area (Å²) in [5, 5.41) is 12.4. The van der Waals surface area contributed by atoms with Crippen LogP contribution in [0.1, 0.15) is 28.1 Å². The number of hydrogen-bond acceptors (Lipinski definition) is 3. The summed E-state index contributed by atoms with van der Waals surface area (Å²) in [5.41, 5.74) is 6.65. The number of aryl methyl sites for hydroxylation is 2. The maximum Gasteiger partial charge on any atom is 0.180 e. The third-order valence-electron chi connectivity index (χ3n) is 4.39. The van der Waals surface area contributed by atoms with Gasteiger partial charge in [-0.15, -0.1) is 5.10 Å². The highest BCUT2D eigenvalue weighted by Gasteiger charge is 2.11. The Morgan fingerprint density at radius 3 is 1.89 bits per heavy atom. The standard InChI is InChI=1S/C23H20N4/c1-17-13-18(2)15-21(14-17)27-23(24-25-26-27)16-22(19-9-5-3-6-10-19)20-11-7-4-8-12-20/h3-16H,1-2H3. The highest BCUT2D eigenvalue weighted by Crippen LogP contribution is 2.26. The van der Waals surface area contributed by atoms with Crippen LogP contribution < -0.4 is 0 Å². The van der Waals surface area contributed by atoms with Crippen molar-refractivity contribution >= 4 is 11.6 Å². The number of tetrazole rings is 1. The molecule has 4 aromatic rings. The fourth-order valence-corrected chi connectivity index (χ4v) is 3.24. The largest absolute Gasteiger partial charge is 0.193 e. The molecule has 1 heterocycles. The van der Waals surface area contributed by atoms with Crippen molar-refractivity contribution in [3.63, 3.8) is 0 Å². The molecule has 0 bridgehead atoms. The van der Waals surface area contributed by atoms with Gasteiger partial charge in [-0.1, -0.05) is 66.7 Å². The van der Waals surface area contributed by atoms with Gasteiger partial charge in [-0.25, -0.2) is 0 Å². The average molecular weight is 352 g/mol. The van der Waals surface area contributed by atoms with E-state index in [-0.39, 0.29) is 0 Å². The molecule has 0 aliphatic rings. The SMILES string of the molecule is Cc1cc(C)cc(-n2nnnc2C=C(c2ccccc2)c2ccccc2)c1. The summed E-state index contributed by atoms with van der Waals surface area (Å²) in [5.74, 6) is 0.697. The van der Waals surface area contributed by atoms with E-state index in [0.717, 1.165) is 22.4 Å². The van der Waals surface area contributed by atoms with E-state index in [1.807, 2.05) is 42.5 Å². The molecule has 3 aromatic carbocycles. The van der Waals surface area contributed by atoms with Crippen LogP contribution in [0.25, 0.3) is 17.3 Å². The number of benzene rings is 3. The zero-order valence-electron chi connectivity index (χ0n) is 15.4. The van der Waals surface area contributed by atoms with E-state index < -0.39 is 0 Å².